The van der Waals surface area contributed by atoms with E-state index in [-0.39, 0.29) is 52.7 Å². The number of hydrogen-bond donors (Lipinski definition) is 1. The van der Waals surface area contributed by atoms with Crippen LogP contribution >= 0.6 is 0 Å². The van der Waals surface area contributed by atoms with Crippen molar-refractivity contribution in [2.45, 2.75) is 142 Å². The van der Waals surface area contributed by atoms with E-state index in [1.807, 2.05) is 18.2 Å². The lowest BCUT2D eigenvalue weighted by molar-refractivity contribution is -0.122. The van der Waals surface area contributed by atoms with Crippen LogP contribution in [0.25, 0.3) is 0 Å². The van der Waals surface area contributed by atoms with Crippen LogP contribution in [0.2, 0.25) is 36.3 Å². The summed E-state index contributed by atoms with van der Waals surface area (Å²) in [4.78, 5) is 12.9. The van der Waals surface area contributed by atoms with Crippen LogP contribution in [0.5, 0.6) is 0 Å². The molecule has 0 unspecified atom stereocenters. The van der Waals surface area contributed by atoms with E-state index in [2.05, 4.69) is 100 Å². The maximum absolute atomic E-state index is 12.9. The van der Waals surface area contributed by atoms with Crippen molar-refractivity contribution in [2.75, 3.05) is 6.61 Å². The van der Waals surface area contributed by atoms with Gasteiger partial charge in [-0.3, -0.25) is 4.79 Å². The topological polar surface area (TPSA) is 65.0 Å². The van der Waals surface area contributed by atoms with E-state index in [4.69, 9.17) is 13.6 Å². The van der Waals surface area contributed by atoms with Crippen molar-refractivity contribution in [3.63, 3.8) is 0 Å². The zero-order valence-corrected chi connectivity index (χ0v) is 30.4. The van der Waals surface area contributed by atoms with Gasteiger partial charge in [0.1, 0.15) is 5.78 Å². The van der Waals surface area contributed by atoms with Crippen LogP contribution in [0, 0.1) is 11.8 Å². The summed E-state index contributed by atoms with van der Waals surface area (Å²) in [5.74, 6) is 0.431. The van der Waals surface area contributed by atoms with Crippen LogP contribution < -0.4 is 0 Å². The van der Waals surface area contributed by atoms with E-state index in [1.165, 1.54) is 0 Å². The zero-order chi connectivity index (χ0) is 31.6. The Hall–Kier alpha value is -1.10. The Bertz CT molecular complexity index is 917. The molecule has 0 aliphatic rings. The lowest BCUT2D eigenvalue weighted by atomic mass is 9.89. The molecule has 0 saturated carbocycles. The van der Waals surface area contributed by atoms with Gasteiger partial charge in [0.05, 0.1) is 31.5 Å². The Balaban J connectivity index is 2.78. The molecule has 0 amide bonds. The van der Waals surface area contributed by atoms with Crippen molar-refractivity contribution in [1.29, 1.82) is 0 Å². The summed E-state index contributed by atoms with van der Waals surface area (Å²) in [5, 5.41) is 11.0. The third-order valence-corrected chi connectivity index (χ3v) is 18.2. The van der Waals surface area contributed by atoms with Gasteiger partial charge in [0.15, 0.2) is 16.6 Å². The minimum Gasteiger partial charge on any atom is -0.413 e. The fourth-order valence-corrected chi connectivity index (χ4v) is 7.15. The van der Waals surface area contributed by atoms with Gasteiger partial charge in [-0.15, -0.1) is 6.58 Å². The van der Waals surface area contributed by atoms with E-state index in [1.54, 1.807) is 6.08 Å². The second kappa shape index (κ2) is 16.1. The molecule has 7 heteroatoms. The molecule has 5 nitrogen and oxygen atoms in total. The molecular weight excluding hydrogens is 545 g/mol. The lowest BCUT2D eigenvalue weighted by Crippen LogP contribution is -2.48. The number of Topliss-reactive ketones (excluding diaryl/α,β-unsaturated/α-hetero) is 1. The van der Waals surface area contributed by atoms with Crippen LogP contribution in [0.4, 0.5) is 0 Å². The zero-order valence-electron chi connectivity index (χ0n) is 28.4. The number of rotatable bonds is 18. The molecule has 236 valence electrons. The average molecular weight is 607 g/mol. The normalized spacial score (nSPS) is 17.0. The molecule has 0 heterocycles. The van der Waals surface area contributed by atoms with Crippen molar-refractivity contribution >= 4 is 22.4 Å². The lowest BCUT2D eigenvalue weighted by Gasteiger charge is -2.43. The standard InChI is InChI=1S/C34H62O5Si2/c1-14-31(38-40(10,11)33(4,5)6)23-30(36)22-29(35)21-20-26(2)32(39-41(12,13)34(7,8)9)27(3)24-37-25-28-18-16-15-17-19-28/h14-19,26-27,29,31-32,35H,1,20-25H2,2-13H3/t26-,27-,29+,31+,32+/m1/s1. The number of carbonyl (C=O) groups excluding carboxylic acids is 1. The molecule has 0 saturated heterocycles. The van der Waals surface area contributed by atoms with Gasteiger partial charge >= 0.3 is 0 Å². The molecular formula is C34H62O5Si2. The average Bonchev–Trinajstić information content (AvgIpc) is 2.84. The van der Waals surface area contributed by atoms with E-state index in [0.29, 0.717) is 19.6 Å². The van der Waals surface area contributed by atoms with Crippen LogP contribution in [0.1, 0.15) is 86.6 Å². The first kappa shape index (κ1) is 37.9. The van der Waals surface area contributed by atoms with Crippen molar-refractivity contribution in [1.82, 2.24) is 0 Å². The summed E-state index contributed by atoms with van der Waals surface area (Å²) in [6.45, 7) is 31.8. The molecule has 1 aromatic carbocycles. The molecule has 1 N–H and O–H groups in total. The van der Waals surface area contributed by atoms with Gasteiger partial charge in [-0.2, -0.15) is 0 Å². The van der Waals surface area contributed by atoms with E-state index in [9.17, 15) is 9.90 Å². The van der Waals surface area contributed by atoms with Crippen molar-refractivity contribution in [2.24, 2.45) is 11.8 Å². The van der Waals surface area contributed by atoms with Crippen molar-refractivity contribution < 1.29 is 23.5 Å². The monoisotopic (exact) mass is 606 g/mol. The first-order chi connectivity index (χ1) is 18.7. The van der Waals surface area contributed by atoms with Gasteiger partial charge in [0.2, 0.25) is 0 Å². The number of benzene rings is 1. The van der Waals surface area contributed by atoms with Crippen LogP contribution in [-0.2, 0) is 25.0 Å². The second-order valence-corrected chi connectivity index (χ2v) is 24.6. The molecule has 1 aromatic rings. The highest BCUT2D eigenvalue weighted by atomic mass is 28.4. The summed E-state index contributed by atoms with van der Waals surface area (Å²) in [6.07, 6.45) is 2.49. The second-order valence-electron chi connectivity index (χ2n) is 15.1. The molecule has 0 spiro atoms. The Morgan fingerprint density at radius 3 is 1.93 bits per heavy atom. The Morgan fingerprint density at radius 2 is 1.41 bits per heavy atom. The van der Waals surface area contributed by atoms with E-state index >= 15 is 0 Å². The fourth-order valence-electron chi connectivity index (χ4n) is 4.36. The Morgan fingerprint density at radius 1 is 0.878 bits per heavy atom. The summed E-state index contributed by atoms with van der Waals surface area (Å²) in [5.41, 5.74) is 1.16. The highest BCUT2D eigenvalue weighted by molar-refractivity contribution is 6.74. The van der Waals surface area contributed by atoms with Gasteiger partial charge in [-0.25, -0.2) is 0 Å². The van der Waals surface area contributed by atoms with E-state index < -0.39 is 22.7 Å². The smallest absolute Gasteiger partial charge is 0.192 e. The summed E-state index contributed by atoms with van der Waals surface area (Å²) < 4.78 is 19.5. The largest absolute Gasteiger partial charge is 0.413 e. The maximum Gasteiger partial charge on any atom is 0.192 e. The summed E-state index contributed by atoms with van der Waals surface area (Å²) in [7, 11) is -4.05. The predicted molar refractivity (Wildman–Crippen MR) is 178 cm³/mol. The number of carbonyl (C=O) groups is 1. The molecule has 1 rings (SSSR count). The van der Waals surface area contributed by atoms with Crippen molar-refractivity contribution in [3.8, 4) is 0 Å². The summed E-state index contributed by atoms with van der Waals surface area (Å²) in [6, 6.07) is 10.2. The number of aliphatic hydroxyl groups is 1. The highest BCUT2D eigenvalue weighted by Crippen LogP contribution is 2.40. The van der Waals surface area contributed by atoms with Gasteiger partial charge < -0.3 is 18.7 Å². The van der Waals surface area contributed by atoms with Gasteiger partial charge in [-0.1, -0.05) is 91.8 Å². The number of hydrogen-bond acceptors (Lipinski definition) is 5. The molecule has 0 radical (unpaired) electrons. The van der Waals surface area contributed by atoms with Crippen LogP contribution in [0.15, 0.2) is 43.0 Å². The Kier molecular flexibility index (Phi) is 14.9. The van der Waals surface area contributed by atoms with Crippen molar-refractivity contribution in [3.05, 3.63) is 48.6 Å². The number of ketones is 1. The van der Waals surface area contributed by atoms with Gasteiger partial charge in [0, 0.05) is 18.8 Å². The van der Waals surface area contributed by atoms with Crippen LogP contribution in [-0.4, -0.2) is 52.4 Å². The molecule has 0 fully saturated rings. The Labute approximate surface area is 254 Å². The molecule has 0 aromatic heterocycles. The molecule has 0 aliphatic carbocycles. The third kappa shape index (κ3) is 13.0. The minimum atomic E-state index is -2.03. The molecule has 5 atom stereocenters. The first-order valence-electron chi connectivity index (χ1n) is 15.5. The van der Waals surface area contributed by atoms with Crippen LogP contribution in [0.3, 0.4) is 0 Å². The third-order valence-electron chi connectivity index (χ3n) is 9.21. The fraction of sp³-hybridized carbons (Fsp3) is 0.735. The minimum absolute atomic E-state index is 0.0118. The summed E-state index contributed by atoms with van der Waals surface area (Å²) >= 11 is 0. The number of ether oxygens (including phenoxy) is 1. The SMILES string of the molecule is C=C[C@@H](CC(=O)C[C@@H](O)CC[C@@H](C)[C@H](O[Si](C)(C)C(C)(C)C)[C@H](C)COCc1ccccc1)O[Si](C)(C)C(C)(C)C. The van der Waals surface area contributed by atoms with Gasteiger partial charge in [-0.05, 0) is 60.6 Å². The maximum atomic E-state index is 12.9. The number of aliphatic hydroxyl groups excluding tert-OH is 1. The molecule has 0 bridgehead atoms. The van der Waals surface area contributed by atoms with Gasteiger partial charge in [0.25, 0.3) is 0 Å². The predicted octanol–water partition coefficient (Wildman–Crippen LogP) is 8.93. The highest BCUT2D eigenvalue weighted by Gasteiger charge is 2.42. The van der Waals surface area contributed by atoms with E-state index in [0.717, 1.165) is 12.0 Å². The first-order valence-corrected chi connectivity index (χ1v) is 21.3. The molecule has 0 aliphatic heterocycles. The molecule has 41 heavy (non-hydrogen) atoms. The quantitative estimate of drug-likeness (QED) is 0.133.